The molecule has 12 heavy (non-hydrogen) atoms. The smallest absolute Gasteiger partial charge is 0.0541 e. The van der Waals surface area contributed by atoms with E-state index in [4.69, 9.17) is 28.4 Å². The summed E-state index contributed by atoms with van der Waals surface area (Å²) in [6, 6.07) is 4.99. The Kier molecular flexibility index (Phi) is 3.35. The van der Waals surface area contributed by atoms with Gasteiger partial charge in [0.1, 0.15) is 0 Å². The number of rotatable bonds is 2. The average Bonchev–Trinajstić information content (AvgIpc) is 2.01. The van der Waals surface area contributed by atoms with Crippen LogP contribution in [0.1, 0.15) is 18.5 Å². The molecular formula is C8H9Cl2NO. The topological polar surface area (TPSA) is 32.3 Å². The van der Waals surface area contributed by atoms with Crippen molar-refractivity contribution in [1.82, 2.24) is 5.48 Å². The van der Waals surface area contributed by atoms with E-state index >= 15 is 0 Å². The van der Waals surface area contributed by atoms with Crippen LogP contribution in [0.15, 0.2) is 18.2 Å². The Hall–Kier alpha value is -0.280. The fourth-order valence-corrected chi connectivity index (χ4v) is 1.44. The standard InChI is InChI=1S/C8H9Cl2NO/c1-5(11-12)6-2-7(9)4-8(10)3-6/h2-5,11-12H,1H3. The van der Waals surface area contributed by atoms with E-state index in [2.05, 4.69) is 5.48 Å². The third-order valence-electron chi connectivity index (χ3n) is 1.58. The number of halogens is 2. The predicted molar refractivity (Wildman–Crippen MR) is 49.8 cm³/mol. The maximum atomic E-state index is 8.63. The van der Waals surface area contributed by atoms with Crippen LogP contribution in [-0.4, -0.2) is 5.21 Å². The van der Waals surface area contributed by atoms with Crippen LogP contribution in [0, 0.1) is 0 Å². The van der Waals surface area contributed by atoms with Gasteiger partial charge in [0.2, 0.25) is 0 Å². The lowest BCUT2D eigenvalue weighted by atomic mass is 10.1. The maximum absolute atomic E-state index is 8.63. The number of hydrogen-bond acceptors (Lipinski definition) is 2. The van der Waals surface area contributed by atoms with Crippen molar-refractivity contribution in [3.8, 4) is 0 Å². The minimum absolute atomic E-state index is 0.166. The van der Waals surface area contributed by atoms with Crippen molar-refractivity contribution in [2.24, 2.45) is 0 Å². The summed E-state index contributed by atoms with van der Waals surface area (Å²) < 4.78 is 0. The summed E-state index contributed by atoms with van der Waals surface area (Å²) in [7, 11) is 0. The van der Waals surface area contributed by atoms with Crippen molar-refractivity contribution in [3.05, 3.63) is 33.8 Å². The molecule has 66 valence electrons. The second-order valence-corrected chi connectivity index (χ2v) is 3.43. The number of hydrogen-bond donors (Lipinski definition) is 2. The average molecular weight is 206 g/mol. The summed E-state index contributed by atoms with van der Waals surface area (Å²) in [4.78, 5) is 0. The van der Waals surface area contributed by atoms with Crippen LogP contribution in [-0.2, 0) is 0 Å². The highest BCUT2D eigenvalue weighted by Gasteiger charge is 2.04. The summed E-state index contributed by atoms with van der Waals surface area (Å²) in [5.74, 6) is 0. The van der Waals surface area contributed by atoms with Crippen LogP contribution >= 0.6 is 23.2 Å². The monoisotopic (exact) mass is 205 g/mol. The molecule has 0 radical (unpaired) electrons. The number of nitrogens with one attached hydrogen (secondary N) is 1. The number of hydroxylamine groups is 1. The molecule has 4 heteroatoms. The van der Waals surface area contributed by atoms with Gasteiger partial charge in [-0.15, -0.1) is 0 Å². The van der Waals surface area contributed by atoms with Crippen molar-refractivity contribution >= 4 is 23.2 Å². The lowest BCUT2D eigenvalue weighted by Gasteiger charge is -2.09. The first-order chi connectivity index (χ1) is 5.63. The van der Waals surface area contributed by atoms with Crippen molar-refractivity contribution in [2.45, 2.75) is 13.0 Å². The molecule has 0 saturated carbocycles. The van der Waals surface area contributed by atoms with Crippen LogP contribution in [0.2, 0.25) is 10.0 Å². The lowest BCUT2D eigenvalue weighted by Crippen LogP contribution is -2.12. The van der Waals surface area contributed by atoms with Crippen molar-refractivity contribution in [1.29, 1.82) is 0 Å². The second kappa shape index (κ2) is 4.10. The quantitative estimate of drug-likeness (QED) is 0.729. The lowest BCUT2D eigenvalue weighted by molar-refractivity contribution is 0.133. The summed E-state index contributed by atoms with van der Waals surface area (Å²) >= 11 is 11.5. The van der Waals surface area contributed by atoms with Crippen LogP contribution in [0.4, 0.5) is 0 Å². The Morgan fingerprint density at radius 3 is 2.17 bits per heavy atom. The van der Waals surface area contributed by atoms with Gasteiger partial charge in [0.15, 0.2) is 0 Å². The molecule has 0 aliphatic rings. The highest BCUT2D eigenvalue weighted by molar-refractivity contribution is 6.34. The van der Waals surface area contributed by atoms with Gasteiger partial charge in [-0.1, -0.05) is 23.2 Å². The molecule has 0 amide bonds. The van der Waals surface area contributed by atoms with Crippen LogP contribution < -0.4 is 5.48 Å². The molecule has 0 aliphatic carbocycles. The van der Waals surface area contributed by atoms with E-state index in [1.165, 1.54) is 0 Å². The molecule has 1 unspecified atom stereocenters. The van der Waals surface area contributed by atoms with Gasteiger partial charge in [0.05, 0.1) is 6.04 Å². The molecule has 1 atom stereocenters. The molecule has 0 heterocycles. The Morgan fingerprint density at radius 2 is 1.75 bits per heavy atom. The van der Waals surface area contributed by atoms with Crippen molar-refractivity contribution in [3.63, 3.8) is 0 Å². The van der Waals surface area contributed by atoms with Gasteiger partial charge in [-0.05, 0) is 30.7 Å². The molecule has 1 aromatic rings. The minimum atomic E-state index is -0.166. The van der Waals surface area contributed by atoms with Gasteiger partial charge >= 0.3 is 0 Å². The molecule has 0 spiro atoms. The Morgan fingerprint density at radius 1 is 1.25 bits per heavy atom. The molecular weight excluding hydrogens is 197 g/mol. The van der Waals surface area contributed by atoms with Gasteiger partial charge in [0.25, 0.3) is 0 Å². The Labute approximate surface area is 81.1 Å². The Balaban J connectivity index is 3.00. The zero-order valence-electron chi connectivity index (χ0n) is 6.51. The molecule has 2 N–H and O–H groups in total. The molecule has 0 aromatic heterocycles. The van der Waals surface area contributed by atoms with Gasteiger partial charge in [-0.25, -0.2) is 0 Å². The third kappa shape index (κ3) is 2.35. The molecule has 2 nitrogen and oxygen atoms in total. The predicted octanol–water partition coefficient (Wildman–Crippen LogP) is 3.03. The molecule has 0 fully saturated rings. The molecule has 0 aliphatic heterocycles. The fraction of sp³-hybridized carbons (Fsp3) is 0.250. The van der Waals surface area contributed by atoms with E-state index in [1.54, 1.807) is 18.2 Å². The second-order valence-electron chi connectivity index (χ2n) is 2.55. The molecule has 0 saturated heterocycles. The van der Waals surface area contributed by atoms with E-state index in [-0.39, 0.29) is 6.04 Å². The normalized spacial score (nSPS) is 13.0. The first-order valence-electron chi connectivity index (χ1n) is 3.49. The minimum Gasteiger partial charge on any atom is -0.316 e. The van der Waals surface area contributed by atoms with E-state index in [9.17, 15) is 0 Å². The SMILES string of the molecule is CC(NO)c1cc(Cl)cc(Cl)c1. The molecule has 1 aromatic carbocycles. The van der Waals surface area contributed by atoms with Gasteiger partial charge in [0, 0.05) is 10.0 Å². The van der Waals surface area contributed by atoms with E-state index in [0.717, 1.165) is 5.56 Å². The van der Waals surface area contributed by atoms with Gasteiger partial charge in [-0.3, -0.25) is 0 Å². The van der Waals surface area contributed by atoms with Crippen LogP contribution in [0.3, 0.4) is 0 Å². The molecule has 0 bridgehead atoms. The summed E-state index contributed by atoms with van der Waals surface area (Å²) in [5.41, 5.74) is 2.97. The zero-order chi connectivity index (χ0) is 9.14. The van der Waals surface area contributed by atoms with Crippen molar-refractivity contribution in [2.75, 3.05) is 0 Å². The highest BCUT2D eigenvalue weighted by Crippen LogP contribution is 2.22. The van der Waals surface area contributed by atoms with Crippen LogP contribution in [0.5, 0.6) is 0 Å². The van der Waals surface area contributed by atoms with Gasteiger partial charge in [-0.2, -0.15) is 5.48 Å². The number of benzene rings is 1. The largest absolute Gasteiger partial charge is 0.316 e. The summed E-state index contributed by atoms with van der Waals surface area (Å²) in [5, 5.41) is 9.77. The fourth-order valence-electron chi connectivity index (χ4n) is 0.900. The Bertz CT molecular complexity index is 258. The summed E-state index contributed by atoms with van der Waals surface area (Å²) in [6.07, 6.45) is 0. The highest BCUT2D eigenvalue weighted by atomic mass is 35.5. The van der Waals surface area contributed by atoms with E-state index in [1.807, 2.05) is 6.92 Å². The van der Waals surface area contributed by atoms with Crippen LogP contribution in [0.25, 0.3) is 0 Å². The maximum Gasteiger partial charge on any atom is 0.0541 e. The first-order valence-corrected chi connectivity index (χ1v) is 4.24. The van der Waals surface area contributed by atoms with E-state index in [0.29, 0.717) is 10.0 Å². The third-order valence-corrected chi connectivity index (χ3v) is 2.01. The van der Waals surface area contributed by atoms with E-state index < -0.39 is 0 Å². The summed E-state index contributed by atoms with van der Waals surface area (Å²) in [6.45, 7) is 1.81. The van der Waals surface area contributed by atoms with Gasteiger partial charge < -0.3 is 5.21 Å². The van der Waals surface area contributed by atoms with Crippen molar-refractivity contribution < 1.29 is 5.21 Å². The molecule has 1 rings (SSSR count). The zero-order valence-corrected chi connectivity index (χ0v) is 8.02. The first kappa shape index (κ1) is 9.81.